The Morgan fingerprint density at radius 3 is 3.00 bits per heavy atom. The van der Waals surface area contributed by atoms with Crippen LogP contribution in [0.4, 0.5) is 5.13 Å². The van der Waals surface area contributed by atoms with Gasteiger partial charge in [0, 0.05) is 12.1 Å². The maximum atomic E-state index is 11.9. The fourth-order valence-electron chi connectivity index (χ4n) is 1.61. The van der Waals surface area contributed by atoms with Crippen LogP contribution in [0, 0.1) is 0 Å². The third-order valence-corrected chi connectivity index (χ3v) is 3.72. The number of benzene rings is 1. The number of hydrogen-bond acceptors (Lipinski definition) is 5. The van der Waals surface area contributed by atoms with Gasteiger partial charge in [0.2, 0.25) is 5.82 Å². The third kappa shape index (κ3) is 2.30. The second kappa shape index (κ2) is 4.73. The van der Waals surface area contributed by atoms with Crippen molar-refractivity contribution in [2.24, 2.45) is 7.05 Å². The molecule has 0 aliphatic heterocycles. The van der Waals surface area contributed by atoms with Gasteiger partial charge in [-0.1, -0.05) is 22.9 Å². The van der Waals surface area contributed by atoms with E-state index >= 15 is 0 Å². The van der Waals surface area contributed by atoms with Crippen molar-refractivity contribution in [2.75, 3.05) is 5.32 Å². The summed E-state index contributed by atoms with van der Waals surface area (Å²) in [6.45, 7) is 0. The van der Waals surface area contributed by atoms with Crippen molar-refractivity contribution in [2.45, 2.75) is 0 Å². The number of aromatic nitrogens is 4. The van der Waals surface area contributed by atoms with Crippen LogP contribution < -0.4 is 11.0 Å². The molecule has 0 aliphatic carbocycles. The van der Waals surface area contributed by atoms with Crippen molar-refractivity contribution < 1.29 is 4.79 Å². The van der Waals surface area contributed by atoms with Gasteiger partial charge in [0.25, 0.3) is 5.91 Å². The summed E-state index contributed by atoms with van der Waals surface area (Å²) in [6.07, 6.45) is 0. The lowest BCUT2D eigenvalue weighted by Crippen LogP contribution is -2.14. The molecular formula is C11H8ClN5O2S. The Balaban J connectivity index is 1.89. The van der Waals surface area contributed by atoms with Crippen LogP contribution in [0.3, 0.4) is 0 Å². The lowest BCUT2D eigenvalue weighted by Gasteiger charge is -1.95. The Kier molecular flexibility index (Phi) is 3.03. The summed E-state index contributed by atoms with van der Waals surface area (Å²) in [5.74, 6) is -0.581. The summed E-state index contributed by atoms with van der Waals surface area (Å²) in [7, 11) is 1.45. The van der Waals surface area contributed by atoms with Crippen molar-refractivity contribution in [1.82, 2.24) is 19.7 Å². The van der Waals surface area contributed by atoms with E-state index in [1.807, 2.05) is 0 Å². The molecule has 0 spiro atoms. The van der Waals surface area contributed by atoms with Crippen molar-refractivity contribution in [3.8, 4) is 0 Å². The molecule has 0 fully saturated rings. The molecule has 9 heteroatoms. The van der Waals surface area contributed by atoms with Crippen molar-refractivity contribution in [1.29, 1.82) is 0 Å². The number of carbonyl (C=O) groups is 1. The van der Waals surface area contributed by atoms with E-state index in [9.17, 15) is 9.59 Å². The van der Waals surface area contributed by atoms with Crippen LogP contribution >= 0.6 is 22.9 Å². The van der Waals surface area contributed by atoms with Gasteiger partial charge in [-0.2, -0.15) is 0 Å². The molecule has 2 aromatic heterocycles. The fourth-order valence-corrected chi connectivity index (χ4v) is 2.75. The zero-order valence-electron chi connectivity index (χ0n) is 10.2. The van der Waals surface area contributed by atoms with Gasteiger partial charge < -0.3 is 0 Å². The number of H-pyrrole nitrogens is 1. The highest BCUT2D eigenvalue weighted by atomic mass is 35.5. The van der Waals surface area contributed by atoms with Crippen LogP contribution in [0.1, 0.15) is 10.6 Å². The SMILES string of the molecule is Cn1nc(C(=O)Nc2nc3ccc(Cl)cc3s2)[nH]c1=O. The molecule has 0 saturated heterocycles. The molecule has 2 N–H and O–H groups in total. The highest BCUT2D eigenvalue weighted by molar-refractivity contribution is 7.22. The molecule has 2 heterocycles. The smallest absolute Gasteiger partial charge is 0.295 e. The largest absolute Gasteiger partial charge is 0.343 e. The minimum absolute atomic E-state index is 0.0604. The van der Waals surface area contributed by atoms with Crippen molar-refractivity contribution in [3.63, 3.8) is 0 Å². The van der Waals surface area contributed by atoms with Gasteiger partial charge in [-0.05, 0) is 18.2 Å². The quantitative estimate of drug-likeness (QED) is 0.752. The number of nitrogens with zero attached hydrogens (tertiary/aromatic N) is 3. The highest BCUT2D eigenvalue weighted by Crippen LogP contribution is 2.28. The molecule has 7 nitrogen and oxygen atoms in total. The minimum atomic E-state index is -0.521. The summed E-state index contributed by atoms with van der Waals surface area (Å²) in [6, 6.07) is 5.27. The molecule has 0 bridgehead atoms. The van der Waals surface area contributed by atoms with Gasteiger partial charge in [-0.25, -0.2) is 14.5 Å². The van der Waals surface area contributed by atoms with Crippen molar-refractivity contribution in [3.05, 3.63) is 39.5 Å². The molecule has 1 amide bonds. The monoisotopic (exact) mass is 309 g/mol. The van der Waals surface area contributed by atoms with E-state index in [1.165, 1.54) is 18.4 Å². The van der Waals surface area contributed by atoms with E-state index in [1.54, 1.807) is 18.2 Å². The number of aryl methyl sites for hydroxylation is 1. The normalized spacial score (nSPS) is 10.9. The molecule has 0 unspecified atom stereocenters. The standard InChI is InChI=1S/C11H8ClN5O2S/c1-17-11(19)14-8(16-17)9(18)15-10-13-6-3-2-5(12)4-7(6)20-10/h2-4H,1H3,(H,13,15,18)(H,14,16,19). The predicted molar refractivity (Wildman–Crippen MR) is 76.4 cm³/mol. The van der Waals surface area contributed by atoms with Gasteiger partial charge in [0.05, 0.1) is 10.2 Å². The number of rotatable bonds is 2. The second-order valence-corrected chi connectivity index (χ2v) is 5.45. The summed E-state index contributed by atoms with van der Waals surface area (Å²) in [5.41, 5.74) is 0.287. The van der Waals surface area contributed by atoms with Crippen LogP contribution in [-0.2, 0) is 7.05 Å². The number of carbonyl (C=O) groups excluding carboxylic acids is 1. The van der Waals surface area contributed by atoms with E-state index in [2.05, 4.69) is 20.4 Å². The Labute approximate surface area is 121 Å². The number of fused-ring (bicyclic) bond motifs is 1. The number of nitrogens with one attached hydrogen (secondary N) is 2. The minimum Gasteiger partial charge on any atom is -0.295 e. The molecule has 0 atom stereocenters. The summed E-state index contributed by atoms with van der Waals surface area (Å²) in [5, 5.41) is 7.37. The van der Waals surface area contributed by atoms with Crippen LogP contribution in [0.5, 0.6) is 0 Å². The molecule has 1 aromatic carbocycles. The molecule has 0 aliphatic rings. The van der Waals surface area contributed by atoms with Crippen LogP contribution in [0.2, 0.25) is 5.02 Å². The first-order chi connectivity index (χ1) is 9.52. The van der Waals surface area contributed by atoms with E-state index in [0.717, 1.165) is 14.9 Å². The fraction of sp³-hybridized carbons (Fsp3) is 0.0909. The van der Waals surface area contributed by atoms with Crippen LogP contribution in [0.25, 0.3) is 10.2 Å². The first-order valence-electron chi connectivity index (χ1n) is 5.54. The van der Waals surface area contributed by atoms with E-state index < -0.39 is 11.6 Å². The number of thiazole rings is 1. The number of hydrogen-bond donors (Lipinski definition) is 2. The Morgan fingerprint density at radius 2 is 2.30 bits per heavy atom. The van der Waals surface area contributed by atoms with E-state index in [4.69, 9.17) is 11.6 Å². The van der Waals surface area contributed by atoms with Gasteiger partial charge in [0.15, 0.2) is 5.13 Å². The lowest BCUT2D eigenvalue weighted by atomic mass is 10.3. The number of anilines is 1. The number of aromatic amines is 1. The molecular weight excluding hydrogens is 302 g/mol. The lowest BCUT2D eigenvalue weighted by molar-refractivity contribution is 0.101. The third-order valence-electron chi connectivity index (χ3n) is 2.56. The van der Waals surface area contributed by atoms with Crippen molar-refractivity contribution >= 4 is 44.2 Å². The summed E-state index contributed by atoms with van der Waals surface area (Å²) >= 11 is 7.18. The molecule has 0 radical (unpaired) electrons. The zero-order chi connectivity index (χ0) is 14.3. The highest BCUT2D eigenvalue weighted by Gasteiger charge is 2.14. The average Bonchev–Trinajstić information content (AvgIpc) is 2.93. The van der Waals surface area contributed by atoms with Gasteiger partial charge in [-0.3, -0.25) is 15.1 Å². The second-order valence-electron chi connectivity index (χ2n) is 3.99. The van der Waals surface area contributed by atoms with Gasteiger partial charge in [0.1, 0.15) is 0 Å². The molecule has 0 saturated carbocycles. The van der Waals surface area contributed by atoms with E-state index in [0.29, 0.717) is 10.2 Å². The van der Waals surface area contributed by atoms with Crippen LogP contribution in [-0.4, -0.2) is 25.7 Å². The molecule has 3 rings (SSSR count). The van der Waals surface area contributed by atoms with E-state index in [-0.39, 0.29) is 5.82 Å². The maximum Gasteiger partial charge on any atom is 0.343 e. The van der Waals surface area contributed by atoms with Gasteiger partial charge in [-0.15, -0.1) is 5.10 Å². The molecule has 3 aromatic rings. The number of halogens is 1. The Morgan fingerprint density at radius 1 is 1.50 bits per heavy atom. The topological polar surface area (TPSA) is 92.7 Å². The number of amides is 1. The average molecular weight is 310 g/mol. The first kappa shape index (κ1) is 12.8. The predicted octanol–water partition coefficient (Wildman–Crippen LogP) is 1.62. The summed E-state index contributed by atoms with van der Waals surface area (Å²) < 4.78 is 1.91. The van der Waals surface area contributed by atoms with Gasteiger partial charge >= 0.3 is 5.69 Å². The zero-order valence-corrected chi connectivity index (χ0v) is 11.7. The van der Waals surface area contributed by atoms with Crippen LogP contribution in [0.15, 0.2) is 23.0 Å². The summed E-state index contributed by atoms with van der Waals surface area (Å²) in [4.78, 5) is 29.7. The maximum absolute atomic E-state index is 11.9. The Bertz CT molecular complexity index is 865. The molecule has 102 valence electrons. The first-order valence-corrected chi connectivity index (χ1v) is 6.73. The Hall–Kier alpha value is -2.19. The molecule has 20 heavy (non-hydrogen) atoms.